The monoisotopic (exact) mass is 349 g/mol. The van der Waals surface area contributed by atoms with Crippen molar-refractivity contribution < 1.29 is 17.6 Å². The van der Waals surface area contributed by atoms with Crippen molar-refractivity contribution >= 4 is 26.7 Å². The molecule has 0 N–H and O–H groups in total. The number of benzene rings is 1. The first kappa shape index (κ1) is 16.7. The van der Waals surface area contributed by atoms with Crippen molar-refractivity contribution in [3.8, 4) is 0 Å². The number of nitrogens with zero attached hydrogens (tertiary/aromatic N) is 1. The fourth-order valence-corrected chi connectivity index (χ4v) is 4.32. The second-order valence-electron chi connectivity index (χ2n) is 6.34. The number of amides is 1. The lowest BCUT2D eigenvalue weighted by molar-refractivity contribution is 0.0680. The Bertz CT molecular complexity index is 931. The molecule has 1 saturated heterocycles. The Labute approximate surface area is 140 Å². The van der Waals surface area contributed by atoms with Crippen LogP contribution < -0.4 is 5.63 Å². The molecule has 24 heavy (non-hydrogen) atoms. The van der Waals surface area contributed by atoms with Crippen LogP contribution in [0.4, 0.5) is 0 Å². The van der Waals surface area contributed by atoms with Crippen LogP contribution in [0.2, 0.25) is 0 Å². The van der Waals surface area contributed by atoms with Crippen LogP contribution in [0.25, 0.3) is 11.0 Å². The van der Waals surface area contributed by atoms with Crippen LogP contribution in [-0.4, -0.2) is 44.3 Å². The molecule has 6 nitrogen and oxygen atoms in total. The minimum atomic E-state index is -3.09. The Balaban J connectivity index is 1.86. The molecule has 7 heteroatoms. The van der Waals surface area contributed by atoms with Gasteiger partial charge >= 0.3 is 5.63 Å². The summed E-state index contributed by atoms with van der Waals surface area (Å²) in [6, 6.07) is 8.56. The van der Waals surface area contributed by atoms with Gasteiger partial charge in [-0.25, -0.2) is 13.2 Å². The van der Waals surface area contributed by atoms with E-state index in [1.807, 2.05) is 0 Å². The summed E-state index contributed by atoms with van der Waals surface area (Å²) in [5.41, 5.74) is -0.231. The van der Waals surface area contributed by atoms with E-state index in [9.17, 15) is 18.0 Å². The molecule has 1 aliphatic heterocycles. The maximum absolute atomic E-state index is 12.7. The number of hydrogen-bond donors (Lipinski definition) is 0. The Kier molecular flexibility index (Phi) is 4.45. The third-order valence-electron chi connectivity index (χ3n) is 4.22. The molecule has 1 unspecified atom stereocenters. The molecule has 1 amide bonds. The summed E-state index contributed by atoms with van der Waals surface area (Å²) in [4.78, 5) is 26.4. The fraction of sp³-hybridized carbons (Fsp3) is 0.412. The number of piperidine rings is 1. The first-order valence-electron chi connectivity index (χ1n) is 7.83. The number of carbonyl (C=O) groups is 1. The summed E-state index contributed by atoms with van der Waals surface area (Å²) in [5.74, 6) is -0.429. The van der Waals surface area contributed by atoms with E-state index in [-0.39, 0.29) is 17.2 Å². The van der Waals surface area contributed by atoms with Crippen molar-refractivity contribution in [1.82, 2.24) is 4.90 Å². The van der Waals surface area contributed by atoms with Crippen molar-refractivity contribution in [2.24, 2.45) is 5.92 Å². The lowest BCUT2D eigenvalue weighted by Gasteiger charge is -2.32. The Morgan fingerprint density at radius 3 is 2.83 bits per heavy atom. The second-order valence-corrected chi connectivity index (χ2v) is 8.52. The average molecular weight is 349 g/mol. The van der Waals surface area contributed by atoms with E-state index in [2.05, 4.69) is 0 Å². The molecular weight excluding hydrogens is 330 g/mol. The molecule has 2 aromatic rings. The molecular formula is C17H19NO5S. The zero-order chi connectivity index (χ0) is 17.3. The molecule has 3 rings (SSSR count). The normalized spacial score (nSPS) is 18.7. The summed E-state index contributed by atoms with van der Waals surface area (Å²) in [6.45, 7) is 0.865. The molecule has 0 bridgehead atoms. The molecule has 0 spiro atoms. The molecule has 1 atom stereocenters. The highest BCUT2D eigenvalue weighted by Crippen LogP contribution is 2.20. The predicted molar refractivity (Wildman–Crippen MR) is 90.8 cm³/mol. The van der Waals surface area contributed by atoms with Crippen LogP contribution in [-0.2, 0) is 9.84 Å². The van der Waals surface area contributed by atoms with Gasteiger partial charge in [-0.1, -0.05) is 18.2 Å². The van der Waals surface area contributed by atoms with E-state index in [4.69, 9.17) is 4.42 Å². The smallest absolute Gasteiger partial charge is 0.349 e. The van der Waals surface area contributed by atoms with E-state index in [0.717, 1.165) is 12.8 Å². The Hall–Kier alpha value is -2.15. The number of carbonyl (C=O) groups excluding carboxylic acids is 1. The molecule has 0 aliphatic carbocycles. The number of para-hydroxylation sites is 1. The zero-order valence-electron chi connectivity index (χ0n) is 13.4. The third kappa shape index (κ3) is 3.67. The minimum Gasteiger partial charge on any atom is -0.422 e. The van der Waals surface area contributed by atoms with E-state index in [0.29, 0.717) is 24.1 Å². The van der Waals surface area contributed by atoms with E-state index < -0.39 is 21.4 Å². The standard InChI is InChI=1S/C17H19NO5S/c1-24(21,22)11-12-5-4-8-18(10-12)16(19)14-9-13-6-2-3-7-15(13)23-17(14)20/h2-3,6-7,9,12H,4-5,8,10-11H2,1H3. The quantitative estimate of drug-likeness (QED) is 0.787. The largest absolute Gasteiger partial charge is 0.422 e. The molecule has 1 fully saturated rings. The van der Waals surface area contributed by atoms with Gasteiger partial charge < -0.3 is 9.32 Å². The van der Waals surface area contributed by atoms with Gasteiger partial charge in [0.15, 0.2) is 0 Å². The van der Waals surface area contributed by atoms with Gasteiger partial charge in [-0.05, 0) is 30.9 Å². The van der Waals surface area contributed by atoms with Crippen LogP contribution in [0.15, 0.2) is 39.5 Å². The van der Waals surface area contributed by atoms with Crippen LogP contribution >= 0.6 is 0 Å². The third-order valence-corrected chi connectivity index (χ3v) is 5.29. The summed E-state index contributed by atoms with van der Waals surface area (Å²) in [5, 5.41) is 0.685. The summed E-state index contributed by atoms with van der Waals surface area (Å²) < 4.78 is 28.2. The molecule has 1 aliphatic rings. The van der Waals surface area contributed by atoms with E-state index >= 15 is 0 Å². The van der Waals surface area contributed by atoms with Gasteiger partial charge in [0.25, 0.3) is 5.91 Å². The van der Waals surface area contributed by atoms with Gasteiger partial charge in [0.1, 0.15) is 21.0 Å². The van der Waals surface area contributed by atoms with Crippen LogP contribution in [0.3, 0.4) is 0 Å². The molecule has 2 heterocycles. The molecule has 0 radical (unpaired) electrons. The van der Waals surface area contributed by atoms with Crippen molar-refractivity contribution in [2.75, 3.05) is 25.1 Å². The Morgan fingerprint density at radius 2 is 2.08 bits per heavy atom. The number of sulfone groups is 1. The predicted octanol–water partition coefficient (Wildman–Crippen LogP) is 1.69. The number of fused-ring (bicyclic) bond motifs is 1. The van der Waals surface area contributed by atoms with Crippen LogP contribution in [0.5, 0.6) is 0 Å². The Morgan fingerprint density at radius 1 is 1.33 bits per heavy atom. The average Bonchev–Trinajstić information content (AvgIpc) is 2.52. The van der Waals surface area contributed by atoms with Crippen molar-refractivity contribution in [3.63, 3.8) is 0 Å². The molecule has 0 saturated carbocycles. The molecule has 1 aromatic carbocycles. The fourth-order valence-electron chi connectivity index (χ4n) is 3.20. The van der Waals surface area contributed by atoms with E-state index in [1.54, 1.807) is 35.2 Å². The summed E-state index contributed by atoms with van der Waals surface area (Å²) in [6.07, 6.45) is 2.69. The van der Waals surface area contributed by atoms with Crippen molar-refractivity contribution in [3.05, 3.63) is 46.3 Å². The number of hydrogen-bond acceptors (Lipinski definition) is 5. The van der Waals surface area contributed by atoms with Crippen LogP contribution in [0.1, 0.15) is 23.2 Å². The maximum atomic E-state index is 12.7. The van der Waals surface area contributed by atoms with Gasteiger partial charge in [-0.2, -0.15) is 0 Å². The van der Waals surface area contributed by atoms with Gasteiger partial charge in [0.2, 0.25) is 0 Å². The van der Waals surface area contributed by atoms with Crippen molar-refractivity contribution in [1.29, 1.82) is 0 Å². The van der Waals surface area contributed by atoms with E-state index in [1.165, 1.54) is 6.26 Å². The lowest BCUT2D eigenvalue weighted by Crippen LogP contribution is -2.43. The number of rotatable bonds is 3. The SMILES string of the molecule is CS(=O)(=O)CC1CCCN(C(=O)c2cc3ccccc3oc2=O)C1. The second kappa shape index (κ2) is 6.39. The first-order valence-corrected chi connectivity index (χ1v) is 9.89. The van der Waals surface area contributed by atoms with Gasteiger partial charge in [-0.3, -0.25) is 4.79 Å². The van der Waals surface area contributed by atoms with Crippen LogP contribution in [0, 0.1) is 5.92 Å². The highest BCUT2D eigenvalue weighted by molar-refractivity contribution is 7.90. The summed E-state index contributed by atoms with van der Waals surface area (Å²) >= 11 is 0. The number of likely N-dealkylation sites (tertiary alicyclic amines) is 1. The first-order chi connectivity index (χ1) is 11.3. The molecule has 1 aromatic heterocycles. The molecule has 128 valence electrons. The minimum absolute atomic E-state index is 0.00583. The highest BCUT2D eigenvalue weighted by Gasteiger charge is 2.28. The maximum Gasteiger partial charge on any atom is 0.349 e. The lowest BCUT2D eigenvalue weighted by atomic mass is 9.99. The van der Waals surface area contributed by atoms with Gasteiger partial charge in [0, 0.05) is 24.7 Å². The van der Waals surface area contributed by atoms with Gasteiger partial charge in [0.05, 0.1) is 5.75 Å². The zero-order valence-corrected chi connectivity index (χ0v) is 14.2. The summed E-state index contributed by atoms with van der Waals surface area (Å²) in [7, 11) is -3.09. The van der Waals surface area contributed by atoms with Crippen molar-refractivity contribution in [2.45, 2.75) is 12.8 Å². The van der Waals surface area contributed by atoms with Gasteiger partial charge in [-0.15, -0.1) is 0 Å². The topological polar surface area (TPSA) is 84.7 Å². The highest BCUT2D eigenvalue weighted by atomic mass is 32.2.